The molecular weight excluding hydrogens is 198 g/mol. The van der Waals surface area contributed by atoms with Crippen LogP contribution < -0.4 is 5.32 Å². The molecule has 0 aliphatic heterocycles. The van der Waals surface area contributed by atoms with Gasteiger partial charge in [-0.25, -0.2) is 0 Å². The van der Waals surface area contributed by atoms with E-state index in [2.05, 4.69) is 24.4 Å². The SMILES string of the molecule is Cc1cccc(Nc2ccccc2CO)c1. The van der Waals surface area contributed by atoms with Gasteiger partial charge in [-0.15, -0.1) is 0 Å². The fraction of sp³-hybridized carbons (Fsp3) is 0.143. The van der Waals surface area contributed by atoms with Crippen LogP contribution in [0.2, 0.25) is 0 Å². The van der Waals surface area contributed by atoms with Gasteiger partial charge in [0.2, 0.25) is 0 Å². The Bertz CT molecular complexity index is 480. The van der Waals surface area contributed by atoms with Crippen molar-refractivity contribution in [2.45, 2.75) is 13.5 Å². The van der Waals surface area contributed by atoms with Crippen LogP contribution >= 0.6 is 0 Å². The maximum atomic E-state index is 9.21. The molecule has 2 aromatic rings. The van der Waals surface area contributed by atoms with Crippen LogP contribution in [0.1, 0.15) is 11.1 Å². The zero-order valence-corrected chi connectivity index (χ0v) is 9.27. The van der Waals surface area contributed by atoms with Crippen LogP contribution in [-0.2, 0) is 6.61 Å². The topological polar surface area (TPSA) is 32.3 Å². The summed E-state index contributed by atoms with van der Waals surface area (Å²) in [4.78, 5) is 0. The monoisotopic (exact) mass is 213 g/mol. The van der Waals surface area contributed by atoms with Crippen molar-refractivity contribution in [2.24, 2.45) is 0 Å². The molecule has 82 valence electrons. The van der Waals surface area contributed by atoms with Gasteiger partial charge in [0, 0.05) is 16.9 Å². The molecule has 0 heterocycles. The number of para-hydroxylation sites is 1. The van der Waals surface area contributed by atoms with Gasteiger partial charge in [-0.2, -0.15) is 0 Å². The van der Waals surface area contributed by atoms with E-state index in [4.69, 9.17) is 0 Å². The molecule has 2 N–H and O–H groups in total. The Kier molecular flexibility index (Phi) is 3.22. The van der Waals surface area contributed by atoms with E-state index in [9.17, 15) is 5.11 Å². The number of nitrogens with one attached hydrogen (secondary N) is 1. The number of rotatable bonds is 3. The van der Waals surface area contributed by atoms with Gasteiger partial charge in [-0.1, -0.05) is 30.3 Å². The largest absolute Gasteiger partial charge is 0.392 e. The van der Waals surface area contributed by atoms with Gasteiger partial charge in [0.1, 0.15) is 0 Å². The first-order chi connectivity index (χ1) is 7.79. The molecule has 2 aromatic carbocycles. The molecule has 16 heavy (non-hydrogen) atoms. The Morgan fingerprint density at radius 1 is 1.06 bits per heavy atom. The molecule has 0 unspecified atom stereocenters. The Hall–Kier alpha value is -1.80. The molecule has 0 atom stereocenters. The summed E-state index contributed by atoms with van der Waals surface area (Å²) in [7, 11) is 0. The van der Waals surface area contributed by atoms with E-state index in [0.717, 1.165) is 16.9 Å². The van der Waals surface area contributed by atoms with Crippen LogP contribution in [0.4, 0.5) is 11.4 Å². The normalized spacial score (nSPS) is 10.1. The molecule has 0 amide bonds. The van der Waals surface area contributed by atoms with Crippen LogP contribution in [0, 0.1) is 6.92 Å². The van der Waals surface area contributed by atoms with Crippen LogP contribution in [0.25, 0.3) is 0 Å². The fourth-order valence-electron chi connectivity index (χ4n) is 1.66. The van der Waals surface area contributed by atoms with E-state index in [1.54, 1.807) is 0 Å². The second-order valence-corrected chi connectivity index (χ2v) is 3.81. The summed E-state index contributed by atoms with van der Waals surface area (Å²) < 4.78 is 0. The van der Waals surface area contributed by atoms with Crippen molar-refractivity contribution in [3.05, 3.63) is 59.7 Å². The lowest BCUT2D eigenvalue weighted by Crippen LogP contribution is -1.95. The molecule has 0 radical (unpaired) electrons. The van der Waals surface area contributed by atoms with Gasteiger partial charge in [-0.05, 0) is 30.7 Å². The van der Waals surface area contributed by atoms with Crippen LogP contribution in [0.5, 0.6) is 0 Å². The molecule has 2 rings (SSSR count). The van der Waals surface area contributed by atoms with Gasteiger partial charge in [-0.3, -0.25) is 0 Å². The molecular formula is C14H15NO. The number of aryl methyl sites for hydroxylation is 1. The zero-order chi connectivity index (χ0) is 11.4. The van der Waals surface area contributed by atoms with Crippen LogP contribution in [-0.4, -0.2) is 5.11 Å². The van der Waals surface area contributed by atoms with E-state index in [-0.39, 0.29) is 6.61 Å². The highest BCUT2D eigenvalue weighted by atomic mass is 16.3. The third kappa shape index (κ3) is 2.41. The summed E-state index contributed by atoms with van der Waals surface area (Å²) in [6, 6.07) is 15.9. The second-order valence-electron chi connectivity index (χ2n) is 3.81. The van der Waals surface area contributed by atoms with Gasteiger partial charge in [0.25, 0.3) is 0 Å². The third-order valence-electron chi connectivity index (χ3n) is 2.48. The molecule has 0 fully saturated rings. The highest BCUT2D eigenvalue weighted by Crippen LogP contribution is 2.21. The minimum atomic E-state index is 0.0506. The lowest BCUT2D eigenvalue weighted by atomic mass is 10.1. The first kappa shape index (κ1) is 10.7. The summed E-state index contributed by atoms with van der Waals surface area (Å²) in [6.07, 6.45) is 0. The second kappa shape index (κ2) is 4.81. The van der Waals surface area contributed by atoms with Gasteiger partial charge >= 0.3 is 0 Å². The molecule has 2 nitrogen and oxygen atoms in total. The van der Waals surface area contributed by atoms with Crippen LogP contribution in [0.3, 0.4) is 0 Å². The number of hydrogen-bond acceptors (Lipinski definition) is 2. The predicted octanol–water partition coefficient (Wildman–Crippen LogP) is 3.23. The predicted molar refractivity (Wildman–Crippen MR) is 66.8 cm³/mol. The van der Waals surface area contributed by atoms with E-state index in [1.807, 2.05) is 36.4 Å². The Morgan fingerprint density at radius 3 is 2.62 bits per heavy atom. The van der Waals surface area contributed by atoms with E-state index in [1.165, 1.54) is 5.56 Å². The quantitative estimate of drug-likeness (QED) is 0.820. The number of anilines is 2. The van der Waals surface area contributed by atoms with Crippen molar-refractivity contribution in [1.29, 1.82) is 0 Å². The lowest BCUT2D eigenvalue weighted by molar-refractivity contribution is 0.282. The summed E-state index contributed by atoms with van der Waals surface area (Å²) in [6.45, 7) is 2.11. The average molecular weight is 213 g/mol. The highest BCUT2D eigenvalue weighted by molar-refractivity contribution is 5.63. The Morgan fingerprint density at radius 2 is 1.88 bits per heavy atom. The van der Waals surface area contributed by atoms with Gasteiger partial charge in [0.05, 0.1) is 6.61 Å². The van der Waals surface area contributed by atoms with Crippen molar-refractivity contribution >= 4 is 11.4 Å². The van der Waals surface area contributed by atoms with Crippen LogP contribution in [0.15, 0.2) is 48.5 Å². The third-order valence-corrected chi connectivity index (χ3v) is 2.48. The fourth-order valence-corrected chi connectivity index (χ4v) is 1.66. The Labute approximate surface area is 95.6 Å². The molecule has 0 bridgehead atoms. The van der Waals surface area contributed by atoms with Crippen molar-refractivity contribution in [1.82, 2.24) is 0 Å². The van der Waals surface area contributed by atoms with E-state index >= 15 is 0 Å². The number of aliphatic hydroxyl groups is 1. The molecule has 0 aliphatic rings. The van der Waals surface area contributed by atoms with Crippen molar-refractivity contribution < 1.29 is 5.11 Å². The summed E-state index contributed by atoms with van der Waals surface area (Å²) in [5.41, 5.74) is 4.12. The Balaban J connectivity index is 2.26. The lowest BCUT2D eigenvalue weighted by Gasteiger charge is -2.10. The minimum Gasteiger partial charge on any atom is -0.392 e. The summed E-state index contributed by atoms with van der Waals surface area (Å²) in [5, 5.41) is 12.5. The number of benzene rings is 2. The van der Waals surface area contributed by atoms with Gasteiger partial charge in [0.15, 0.2) is 0 Å². The molecule has 2 heteroatoms. The van der Waals surface area contributed by atoms with E-state index in [0.29, 0.717) is 0 Å². The smallest absolute Gasteiger partial charge is 0.0702 e. The van der Waals surface area contributed by atoms with Gasteiger partial charge < -0.3 is 10.4 Å². The molecule has 0 saturated carbocycles. The average Bonchev–Trinajstić information content (AvgIpc) is 2.30. The van der Waals surface area contributed by atoms with Crippen molar-refractivity contribution in [3.63, 3.8) is 0 Å². The van der Waals surface area contributed by atoms with Crippen molar-refractivity contribution in [2.75, 3.05) is 5.32 Å². The first-order valence-electron chi connectivity index (χ1n) is 5.32. The molecule has 0 aliphatic carbocycles. The molecule has 0 aromatic heterocycles. The molecule has 0 spiro atoms. The minimum absolute atomic E-state index is 0.0506. The standard InChI is InChI=1S/C14H15NO/c1-11-5-4-7-13(9-11)15-14-8-3-2-6-12(14)10-16/h2-9,15-16H,10H2,1H3. The highest BCUT2D eigenvalue weighted by Gasteiger charge is 2.00. The first-order valence-corrected chi connectivity index (χ1v) is 5.32. The maximum Gasteiger partial charge on any atom is 0.0702 e. The number of aliphatic hydroxyl groups excluding tert-OH is 1. The van der Waals surface area contributed by atoms with Crippen molar-refractivity contribution in [3.8, 4) is 0 Å². The summed E-state index contributed by atoms with van der Waals surface area (Å²) >= 11 is 0. The summed E-state index contributed by atoms with van der Waals surface area (Å²) in [5.74, 6) is 0. The van der Waals surface area contributed by atoms with E-state index < -0.39 is 0 Å². The number of hydrogen-bond donors (Lipinski definition) is 2. The maximum absolute atomic E-state index is 9.21. The zero-order valence-electron chi connectivity index (χ0n) is 9.27. The molecule has 0 saturated heterocycles.